The summed E-state index contributed by atoms with van der Waals surface area (Å²) in [6, 6.07) is 7.76. The monoisotopic (exact) mass is 310 g/mol. The van der Waals surface area contributed by atoms with Gasteiger partial charge in [0.25, 0.3) is 0 Å². The fourth-order valence-corrected chi connectivity index (χ4v) is 3.52. The number of nitrogens with one attached hydrogen (secondary N) is 1. The molecule has 5 heteroatoms. The molecule has 0 heterocycles. The normalized spacial score (nSPS) is 15.9. The van der Waals surface area contributed by atoms with Crippen molar-refractivity contribution >= 4 is 10.0 Å². The van der Waals surface area contributed by atoms with E-state index < -0.39 is 10.0 Å². The standard InChI is InChI=1S/C16H26N2O2S/c1-13(2)17-11-10-14-6-8-16(9-7-14)21(19,20)18(3)12-15-4-5-15/h6-9,13,15,17H,4-5,10-12H2,1-3H3. The molecule has 1 N–H and O–H groups in total. The van der Waals surface area contributed by atoms with Crippen molar-refractivity contribution in [3.63, 3.8) is 0 Å². The Bertz CT molecular complexity index is 548. The summed E-state index contributed by atoms with van der Waals surface area (Å²) in [5, 5.41) is 3.36. The quantitative estimate of drug-likeness (QED) is 0.801. The second-order valence-electron chi connectivity index (χ2n) is 6.23. The predicted molar refractivity (Wildman–Crippen MR) is 85.8 cm³/mol. The number of sulfonamides is 1. The van der Waals surface area contributed by atoms with E-state index in [4.69, 9.17) is 0 Å². The van der Waals surface area contributed by atoms with Crippen LogP contribution in [0.5, 0.6) is 0 Å². The van der Waals surface area contributed by atoms with E-state index in [-0.39, 0.29) is 0 Å². The van der Waals surface area contributed by atoms with Gasteiger partial charge >= 0.3 is 0 Å². The van der Waals surface area contributed by atoms with Crippen LogP contribution in [0.1, 0.15) is 32.3 Å². The first-order chi connectivity index (χ1) is 9.89. The number of benzene rings is 1. The summed E-state index contributed by atoms with van der Waals surface area (Å²) in [4.78, 5) is 0.395. The van der Waals surface area contributed by atoms with Crippen LogP contribution in [0.25, 0.3) is 0 Å². The Morgan fingerprint density at radius 1 is 1.24 bits per heavy atom. The predicted octanol–water partition coefficient (Wildman–Crippen LogP) is 2.26. The van der Waals surface area contributed by atoms with E-state index in [0.717, 1.165) is 31.4 Å². The Balaban J connectivity index is 1.96. The molecule has 1 aromatic carbocycles. The van der Waals surface area contributed by atoms with Gasteiger partial charge in [-0.25, -0.2) is 12.7 Å². The average molecular weight is 310 g/mol. The SMILES string of the molecule is CC(C)NCCc1ccc(S(=O)(=O)N(C)CC2CC2)cc1. The highest BCUT2D eigenvalue weighted by Gasteiger charge is 2.28. The van der Waals surface area contributed by atoms with Crippen LogP contribution in [0.4, 0.5) is 0 Å². The smallest absolute Gasteiger partial charge is 0.242 e. The highest BCUT2D eigenvalue weighted by atomic mass is 32.2. The summed E-state index contributed by atoms with van der Waals surface area (Å²) in [5.74, 6) is 0.561. The molecule has 118 valence electrons. The molecule has 0 atom stereocenters. The van der Waals surface area contributed by atoms with Crippen molar-refractivity contribution in [2.24, 2.45) is 5.92 Å². The number of hydrogen-bond donors (Lipinski definition) is 1. The fourth-order valence-electron chi connectivity index (χ4n) is 2.28. The molecule has 0 unspecified atom stereocenters. The lowest BCUT2D eigenvalue weighted by Crippen LogP contribution is -2.29. The van der Waals surface area contributed by atoms with E-state index >= 15 is 0 Å². The van der Waals surface area contributed by atoms with Crippen molar-refractivity contribution in [3.8, 4) is 0 Å². The molecule has 0 spiro atoms. The average Bonchev–Trinajstić information content (AvgIpc) is 3.23. The third kappa shape index (κ3) is 4.80. The first-order valence-corrected chi connectivity index (χ1v) is 9.12. The topological polar surface area (TPSA) is 49.4 Å². The van der Waals surface area contributed by atoms with E-state index in [9.17, 15) is 8.42 Å². The maximum atomic E-state index is 12.4. The van der Waals surface area contributed by atoms with Gasteiger partial charge in [0.05, 0.1) is 4.90 Å². The molecule has 1 fully saturated rings. The van der Waals surface area contributed by atoms with Gasteiger partial charge in [0.2, 0.25) is 10.0 Å². The minimum atomic E-state index is -3.33. The highest BCUT2D eigenvalue weighted by molar-refractivity contribution is 7.89. The first kappa shape index (κ1) is 16.5. The largest absolute Gasteiger partial charge is 0.314 e. The van der Waals surface area contributed by atoms with Gasteiger partial charge in [-0.05, 0) is 49.4 Å². The number of nitrogens with zero attached hydrogens (tertiary/aromatic N) is 1. The maximum Gasteiger partial charge on any atom is 0.242 e. The molecule has 0 radical (unpaired) electrons. The Kier molecular flexibility index (Phi) is 5.41. The van der Waals surface area contributed by atoms with E-state index in [0.29, 0.717) is 23.4 Å². The fraction of sp³-hybridized carbons (Fsp3) is 0.625. The molecular weight excluding hydrogens is 284 g/mol. The molecule has 1 aromatic rings. The molecular formula is C16H26N2O2S. The van der Waals surface area contributed by atoms with Crippen molar-refractivity contribution in [1.82, 2.24) is 9.62 Å². The van der Waals surface area contributed by atoms with Crippen LogP contribution in [-0.4, -0.2) is 38.9 Å². The van der Waals surface area contributed by atoms with E-state index in [1.165, 1.54) is 4.31 Å². The zero-order valence-electron chi connectivity index (χ0n) is 13.2. The molecule has 0 aliphatic heterocycles. The molecule has 0 saturated heterocycles. The molecule has 2 rings (SSSR count). The zero-order chi connectivity index (χ0) is 15.5. The van der Waals surface area contributed by atoms with Gasteiger partial charge in [-0.15, -0.1) is 0 Å². The van der Waals surface area contributed by atoms with Gasteiger partial charge < -0.3 is 5.32 Å². The second-order valence-corrected chi connectivity index (χ2v) is 8.28. The van der Waals surface area contributed by atoms with Gasteiger partial charge in [-0.2, -0.15) is 0 Å². The molecule has 0 aromatic heterocycles. The zero-order valence-corrected chi connectivity index (χ0v) is 14.0. The van der Waals surface area contributed by atoms with Crippen LogP contribution in [-0.2, 0) is 16.4 Å². The van der Waals surface area contributed by atoms with E-state index in [1.54, 1.807) is 19.2 Å². The molecule has 0 amide bonds. The van der Waals surface area contributed by atoms with Gasteiger partial charge in [-0.1, -0.05) is 26.0 Å². The van der Waals surface area contributed by atoms with E-state index in [2.05, 4.69) is 19.2 Å². The Labute approximate surface area is 128 Å². The summed E-state index contributed by atoms with van der Waals surface area (Å²) in [6.07, 6.45) is 3.22. The van der Waals surface area contributed by atoms with Crippen LogP contribution in [0.15, 0.2) is 29.2 Å². The lowest BCUT2D eigenvalue weighted by atomic mass is 10.1. The summed E-state index contributed by atoms with van der Waals surface area (Å²) in [7, 11) is -1.65. The molecule has 21 heavy (non-hydrogen) atoms. The summed E-state index contributed by atoms with van der Waals surface area (Å²) < 4.78 is 26.3. The van der Waals surface area contributed by atoms with Gasteiger partial charge in [-0.3, -0.25) is 0 Å². The van der Waals surface area contributed by atoms with Crippen molar-refractivity contribution in [3.05, 3.63) is 29.8 Å². The molecule has 4 nitrogen and oxygen atoms in total. The third-order valence-corrected chi connectivity index (χ3v) is 5.65. The Hall–Kier alpha value is -0.910. The highest BCUT2D eigenvalue weighted by Crippen LogP contribution is 2.30. The van der Waals surface area contributed by atoms with Crippen LogP contribution in [0.3, 0.4) is 0 Å². The Morgan fingerprint density at radius 2 is 1.86 bits per heavy atom. The van der Waals surface area contributed by atoms with Crippen LogP contribution < -0.4 is 5.32 Å². The minimum Gasteiger partial charge on any atom is -0.314 e. The summed E-state index contributed by atoms with van der Waals surface area (Å²) in [6.45, 7) is 5.78. The van der Waals surface area contributed by atoms with Gasteiger partial charge in [0.1, 0.15) is 0 Å². The Morgan fingerprint density at radius 3 is 2.38 bits per heavy atom. The lowest BCUT2D eigenvalue weighted by molar-refractivity contribution is 0.453. The van der Waals surface area contributed by atoms with Crippen LogP contribution in [0.2, 0.25) is 0 Å². The van der Waals surface area contributed by atoms with Gasteiger partial charge in [0, 0.05) is 19.6 Å². The molecule has 1 aliphatic carbocycles. The molecule has 0 bridgehead atoms. The third-order valence-electron chi connectivity index (χ3n) is 3.81. The van der Waals surface area contributed by atoms with Crippen molar-refractivity contribution < 1.29 is 8.42 Å². The molecule has 1 aliphatic rings. The lowest BCUT2D eigenvalue weighted by Gasteiger charge is -2.17. The van der Waals surface area contributed by atoms with Crippen LogP contribution >= 0.6 is 0 Å². The summed E-state index contributed by atoms with van der Waals surface area (Å²) >= 11 is 0. The van der Waals surface area contributed by atoms with Crippen LogP contribution in [0, 0.1) is 5.92 Å². The van der Waals surface area contributed by atoms with E-state index in [1.807, 2.05) is 12.1 Å². The number of hydrogen-bond acceptors (Lipinski definition) is 3. The summed E-state index contributed by atoms with van der Waals surface area (Å²) in [5.41, 5.74) is 1.16. The minimum absolute atomic E-state index is 0.395. The van der Waals surface area contributed by atoms with Gasteiger partial charge in [0.15, 0.2) is 0 Å². The van der Waals surface area contributed by atoms with Crippen molar-refractivity contribution in [1.29, 1.82) is 0 Å². The number of rotatable bonds is 8. The molecule has 1 saturated carbocycles. The van der Waals surface area contributed by atoms with Crippen molar-refractivity contribution in [2.75, 3.05) is 20.1 Å². The second kappa shape index (κ2) is 6.90. The maximum absolute atomic E-state index is 12.4. The first-order valence-electron chi connectivity index (χ1n) is 7.68. The van der Waals surface area contributed by atoms with Crippen molar-refractivity contribution in [2.45, 2.75) is 44.0 Å².